The van der Waals surface area contributed by atoms with Crippen LogP contribution in [0.1, 0.15) is 0 Å². The first-order chi connectivity index (χ1) is 13.3. The number of ether oxygens (including phenoxy) is 2. The van der Waals surface area contributed by atoms with Gasteiger partial charge in [0.1, 0.15) is 17.6 Å². The predicted octanol–water partition coefficient (Wildman–Crippen LogP) is 3.42. The molecule has 5 nitrogen and oxygen atoms in total. The number of pyridine rings is 1. The number of nitrogens with zero attached hydrogens (tertiary/aromatic N) is 2. The number of hydrogen-bond donors (Lipinski definition) is 0. The zero-order chi connectivity index (χ0) is 18.5. The number of benzene rings is 2. The molecule has 1 aliphatic heterocycles. The highest BCUT2D eigenvalue weighted by Gasteiger charge is 2.32. The third-order valence-corrected chi connectivity index (χ3v) is 4.46. The maximum absolute atomic E-state index is 12.2. The van der Waals surface area contributed by atoms with Crippen molar-refractivity contribution in [2.24, 2.45) is 0 Å². The van der Waals surface area contributed by atoms with Gasteiger partial charge in [-0.1, -0.05) is 42.5 Å². The highest BCUT2D eigenvalue weighted by atomic mass is 16.5. The molecule has 1 amide bonds. The van der Waals surface area contributed by atoms with Gasteiger partial charge in [-0.3, -0.25) is 9.78 Å². The second-order valence-electron chi connectivity index (χ2n) is 6.41. The molecule has 0 spiro atoms. The lowest BCUT2D eigenvalue weighted by molar-refractivity contribution is -0.142. The Morgan fingerprint density at radius 1 is 0.926 bits per heavy atom. The molecule has 0 saturated carbocycles. The van der Waals surface area contributed by atoms with E-state index in [9.17, 15) is 4.79 Å². The molecule has 2 aromatic carbocycles. The second-order valence-corrected chi connectivity index (χ2v) is 6.41. The summed E-state index contributed by atoms with van der Waals surface area (Å²) in [4.78, 5) is 18.0. The van der Waals surface area contributed by atoms with Crippen molar-refractivity contribution < 1.29 is 14.3 Å². The number of carbonyl (C=O) groups is 1. The van der Waals surface area contributed by atoms with E-state index in [2.05, 4.69) is 17.1 Å². The minimum atomic E-state index is -0.0341. The second kappa shape index (κ2) is 7.91. The summed E-state index contributed by atoms with van der Waals surface area (Å²) in [5.74, 6) is 1.38. The van der Waals surface area contributed by atoms with Gasteiger partial charge in [0.15, 0.2) is 6.61 Å². The molecule has 2 heterocycles. The molecule has 1 aromatic heterocycles. The summed E-state index contributed by atoms with van der Waals surface area (Å²) in [6.45, 7) is 1.18. The summed E-state index contributed by atoms with van der Waals surface area (Å²) < 4.78 is 11.4. The highest BCUT2D eigenvalue weighted by Crippen LogP contribution is 2.22. The first-order valence-electron chi connectivity index (χ1n) is 8.91. The number of amides is 1. The predicted molar refractivity (Wildman–Crippen MR) is 103 cm³/mol. The largest absolute Gasteiger partial charge is 0.485 e. The van der Waals surface area contributed by atoms with Crippen LogP contribution in [0.4, 0.5) is 0 Å². The molecule has 0 radical (unpaired) electrons. The molecule has 27 heavy (non-hydrogen) atoms. The van der Waals surface area contributed by atoms with Gasteiger partial charge in [-0.05, 0) is 35.4 Å². The van der Waals surface area contributed by atoms with Crippen LogP contribution in [0.3, 0.4) is 0 Å². The van der Waals surface area contributed by atoms with Crippen LogP contribution in [0, 0.1) is 0 Å². The molecule has 1 saturated heterocycles. The van der Waals surface area contributed by atoms with Crippen molar-refractivity contribution in [1.82, 2.24) is 9.88 Å². The van der Waals surface area contributed by atoms with E-state index >= 15 is 0 Å². The van der Waals surface area contributed by atoms with E-state index in [1.807, 2.05) is 54.6 Å². The monoisotopic (exact) mass is 360 g/mol. The van der Waals surface area contributed by atoms with Gasteiger partial charge in [-0.15, -0.1) is 0 Å². The van der Waals surface area contributed by atoms with E-state index in [0.29, 0.717) is 18.8 Å². The van der Waals surface area contributed by atoms with Crippen molar-refractivity contribution in [3.05, 3.63) is 79.1 Å². The molecule has 5 heteroatoms. The summed E-state index contributed by atoms with van der Waals surface area (Å²) in [6, 6.07) is 21.6. The molecule has 0 bridgehead atoms. The summed E-state index contributed by atoms with van der Waals surface area (Å²) in [6.07, 6.45) is 3.39. The molecule has 0 N–H and O–H groups in total. The van der Waals surface area contributed by atoms with Gasteiger partial charge >= 0.3 is 0 Å². The number of likely N-dealkylation sites (tertiary alicyclic amines) is 1. The SMILES string of the molecule is O=C(COc1ccc(-c2ccccc2)cc1)N1CC(Oc2cccnc2)C1. The lowest BCUT2D eigenvalue weighted by atomic mass is 10.1. The Bertz CT molecular complexity index is 876. The summed E-state index contributed by atoms with van der Waals surface area (Å²) in [7, 11) is 0. The van der Waals surface area contributed by atoms with Gasteiger partial charge in [0, 0.05) is 6.20 Å². The van der Waals surface area contributed by atoms with Gasteiger partial charge in [0.05, 0.1) is 19.3 Å². The Morgan fingerprint density at radius 3 is 2.37 bits per heavy atom. The third-order valence-electron chi connectivity index (χ3n) is 4.46. The van der Waals surface area contributed by atoms with E-state index in [4.69, 9.17) is 9.47 Å². The van der Waals surface area contributed by atoms with E-state index in [-0.39, 0.29) is 18.6 Å². The Labute approximate surface area is 158 Å². The first-order valence-corrected chi connectivity index (χ1v) is 8.91. The Kier molecular flexibility index (Phi) is 5.01. The lowest BCUT2D eigenvalue weighted by Gasteiger charge is -2.38. The fourth-order valence-electron chi connectivity index (χ4n) is 2.94. The Morgan fingerprint density at radius 2 is 1.67 bits per heavy atom. The third kappa shape index (κ3) is 4.26. The van der Waals surface area contributed by atoms with E-state index < -0.39 is 0 Å². The number of carbonyl (C=O) groups excluding carboxylic acids is 1. The molecule has 136 valence electrons. The smallest absolute Gasteiger partial charge is 0.260 e. The van der Waals surface area contributed by atoms with Crippen LogP contribution >= 0.6 is 0 Å². The normalized spacial score (nSPS) is 13.7. The molecule has 0 aliphatic carbocycles. The number of hydrogen-bond acceptors (Lipinski definition) is 4. The van der Waals surface area contributed by atoms with Gasteiger partial charge < -0.3 is 14.4 Å². The lowest BCUT2D eigenvalue weighted by Crippen LogP contribution is -2.57. The zero-order valence-corrected chi connectivity index (χ0v) is 14.8. The van der Waals surface area contributed by atoms with Crippen LogP contribution in [0.5, 0.6) is 11.5 Å². The van der Waals surface area contributed by atoms with Crippen LogP contribution in [0.15, 0.2) is 79.1 Å². The van der Waals surface area contributed by atoms with Crippen molar-refractivity contribution in [3.63, 3.8) is 0 Å². The molecule has 0 unspecified atom stereocenters. The van der Waals surface area contributed by atoms with Gasteiger partial charge in [0.25, 0.3) is 5.91 Å². The van der Waals surface area contributed by atoms with E-state index in [0.717, 1.165) is 16.9 Å². The van der Waals surface area contributed by atoms with Crippen LogP contribution in [0.25, 0.3) is 11.1 Å². The minimum Gasteiger partial charge on any atom is -0.485 e. The Balaban J connectivity index is 1.23. The molecular formula is C22H20N2O3. The van der Waals surface area contributed by atoms with Gasteiger partial charge in [0.2, 0.25) is 0 Å². The molecule has 1 fully saturated rings. The van der Waals surface area contributed by atoms with Crippen molar-refractivity contribution in [2.45, 2.75) is 6.10 Å². The van der Waals surface area contributed by atoms with Crippen molar-refractivity contribution in [3.8, 4) is 22.6 Å². The fraction of sp³-hybridized carbons (Fsp3) is 0.182. The van der Waals surface area contributed by atoms with Crippen molar-refractivity contribution in [2.75, 3.05) is 19.7 Å². The maximum atomic E-state index is 12.2. The number of aromatic nitrogens is 1. The van der Waals surface area contributed by atoms with Gasteiger partial charge in [-0.2, -0.15) is 0 Å². The highest BCUT2D eigenvalue weighted by molar-refractivity contribution is 5.78. The summed E-state index contributed by atoms with van der Waals surface area (Å²) in [5.41, 5.74) is 2.27. The summed E-state index contributed by atoms with van der Waals surface area (Å²) in [5, 5.41) is 0. The maximum Gasteiger partial charge on any atom is 0.260 e. The standard InChI is InChI=1S/C22H20N2O3/c25-22(24-14-21(15-24)27-20-7-4-12-23-13-20)16-26-19-10-8-18(9-11-19)17-5-2-1-3-6-17/h1-13,21H,14-16H2. The van der Waals surface area contributed by atoms with E-state index in [1.54, 1.807) is 17.3 Å². The Hall–Kier alpha value is -3.34. The van der Waals surface area contributed by atoms with Crippen molar-refractivity contribution in [1.29, 1.82) is 0 Å². The zero-order valence-electron chi connectivity index (χ0n) is 14.8. The quantitative estimate of drug-likeness (QED) is 0.676. The van der Waals surface area contributed by atoms with Crippen LogP contribution in [0.2, 0.25) is 0 Å². The van der Waals surface area contributed by atoms with Crippen molar-refractivity contribution >= 4 is 5.91 Å². The first kappa shape index (κ1) is 17.1. The average Bonchev–Trinajstić information content (AvgIpc) is 2.70. The number of rotatable bonds is 6. The fourth-order valence-corrected chi connectivity index (χ4v) is 2.94. The van der Waals surface area contributed by atoms with E-state index in [1.165, 1.54) is 0 Å². The molecule has 4 rings (SSSR count). The average molecular weight is 360 g/mol. The molecule has 1 aliphatic rings. The van der Waals surface area contributed by atoms with Gasteiger partial charge in [-0.25, -0.2) is 0 Å². The topological polar surface area (TPSA) is 51.7 Å². The molecular weight excluding hydrogens is 340 g/mol. The molecule has 0 atom stereocenters. The van der Waals surface area contributed by atoms with Crippen LogP contribution < -0.4 is 9.47 Å². The van der Waals surface area contributed by atoms with Crippen LogP contribution in [-0.2, 0) is 4.79 Å². The van der Waals surface area contributed by atoms with Crippen LogP contribution in [-0.4, -0.2) is 41.6 Å². The summed E-state index contributed by atoms with van der Waals surface area (Å²) >= 11 is 0. The molecule has 3 aromatic rings. The minimum absolute atomic E-state index is 0.0169.